The predicted molar refractivity (Wildman–Crippen MR) is 266 cm³/mol. The van der Waals surface area contributed by atoms with Crippen molar-refractivity contribution in [3.05, 3.63) is 82.9 Å². The maximum absolute atomic E-state index is 16.0. The van der Waals surface area contributed by atoms with Gasteiger partial charge in [0.2, 0.25) is 7.59 Å². The summed E-state index contributed by atoms with van der Waals surface area (Å²) in [5.41, 5.74) is -8.20. The zero-order valence-electron chi connectivity index (χ0n) is 40.9. The number of alkyl halides is 6. The number of nitrogens with one attached hydrogen (secondary N) is 1. The van der Waals surface area contributed by atoms with Gasteiger partial charge in [0.15, 0.2) is 18.0 Å². The third-order valence-electron chi connectivity index (χ3n) is 14.8. The number of esters is 2. The van der Waals surface area contributed by atoms with Gasteiger partial charge in [-0.05, 0) is 69.9 Å². The first-order valence-electron chi connectivity index (χ1n) is 23.6. The van der Waals surface area contributed by atoms with E-state index in [1.165, 1.54) is 26.0 Å². The number of Topliss-reactive ketones (excluding diaryl/α,β-unsaturated/α-hetero) is 1. The van der Waals surface area contributed by atoms with Crippen LogP contribution in [0.2, 0.25) is 0 Å². The van der Waals surface area contributed by atoms with Crippen LogP contribution in [-0.4, -0.2) is 123 Å². The summed E-state index contributed by atoms with van der Waals surface area (Å²) in [6, 6.07) is 15.2. The van der Waals surface area contributed by atoms with E-state index in [9.17, 15) is 24.3 Å². The van der Waals surface area contributed by atoms with Crippen molar-refractivity contribution < 1.29 is 76.5 Å². The molecule has 12 atom stereocenters. The molecule has 7 rings (SSSR count). The lowest BCUT2D eigenvalue weighted by molar-refractivity contribution is -0.431. The summed E-state index contributed by atoms with van der Waals surface area (Å²) in [4.78, 5) is 86.3. The average molecular weight is 1140 g/mol. The average Bonchev–Trinajstić information content (AvgIpc) is 3.30. The maximum Gasteiger partial charge on any atom is 0.509 e. The van der Waals surface area contributed by atoms with Crippen molar-refractivity contribution in [3.8, 4) is 0 Å². The van der Waals surface area contributed by atoms with Gasteiger partial charge in [0, 0.05) is 36.2 Å². The molecule has 4 aliphatic carbocycles. The highest BCUT2D eigenvalue weighted by atomic mass is 35.6. The number of ether oxygens (including phenoxy) is 9. The number of benzene rings is 2. The van der Waals surface area contributed by atoms with Crippen LogP contribution in [0.5, 0.6) is 0 Å². The molecule has 1 spiro atoms. The molecule has 73 heavy (non-hydrogen) atoms. The summed E-state index contributed by atoms with van der Waals surface area (Å²) >= 11 is 35.5. The van der Waals surface area contributed by atoms with Crippen LogP contribution >= 0.6 is 69.6 Å². The number of ketones is 1. The van der Waals surface area contributed by atoms with Crippen LogP contribution in [0.25, 0.3) is 0 Å². The van der Waals surface area contributed by atoms with Gasteiger partial charge in [-0.25, -0.2) is 24.0 Å². The Labute approximate surface area is 452 Å². The molecule has 0 aromatic heterocycles. The first kappa shape index (κ1) is 56.9. The van der Waals surface area contributed by atoms with E-state index < -0.39 is 139 Å². The van der Waals surface area contributed by atoms with Gasteiger partial charge < -0.3 is 53.1 Å². The number of hydrogen-bond acceptors (Lipinski definition) is 16. The van der Waals surface area contributed by atoms with E-state index >= 15 is 9.59 Å². The molecular weight excluding hydrogens is 1080 g/mol. The van der Waals surface area contributed by atoms with Crippen molar-refractivity contribution in [2.24, 2.45) is 22.2 Å². The van der Waals surface area contributed by atoms with Crippen molar-refractivity contribution in [1.82, 2.24) is 5.32 Å². The molecule has 2 N–H and O–H groups in total. The number of halogens is 6. The van der Waals surface area contributed by atoms with E-state index in [2.05, 4.69) is 5.32 Å². The molecule has 2 unspecified atom stereocenters. The lowest BCUT2D eigenvalue weighted by Crippen LogP contribution is -2.95. The molecule has 400 valence electrons. The minimum absolute atomic E-state index is 0.0209. The summed E-state index contributed by atoms with van der Waals surface area (Å²) in [7, 11) is 0. The molecule has 2 aromatic carbocycles. The highest BCUT2D eigenvalue weighted by Gasteiger charge is 2.95. The van der Waals surface area contributed by atoms with Crippen LogP contribution in [0.1, 0.15) is 96.1 Å². The van der Waals surface area contributed by atoms with E-state index in [0.29, 0.717) is 18.4 Å². The van der Waals surface area contributed by atoms with Crippen LogP contribution in [0.3, 0.4) is 0 Å². The molecule has 1 saturated heterocycles. The molecule has 0 radical (unpaired) electrons. The van der Waals surface area contributed by atoms with Gasteiger partial charge in [0.05, 0.1) is 29.7 Å². The fraction of sp³-hybridized carbons (Fsp3) is 0.600. The van der Waals surface area contributed by atoms with Crippen molar-refractivity contribution in [2.75, 3.05) is 26.4 Å². The number of hydrogen-bond donors (Lipinski definition) is 2. The van der Waals surface area contributed by atoms with Crippen molar-refractivity contribution in [3.63, 3.8) is 0 Å². The Kier molecular flexibility index (Phi) is 16.6. The number of fused-ring (bicyclic) bond motifs is 1. The molecule has 23 heteroatoms. The fourth-order valence-corrected chi connectivity index (χ4v) is 12.2. The highest BCUT2D eigenvalue weighted by Crippen LogP contribution is 2.85. The molecule has 2 aromatic rings. The SMILES string of the molecule is CCCCO[C@@H](C(=O)OC1C[C@@]2(O)[C@@H](OC(=O)c3ccccc3)C34[C@@H]5CO[C@@H]5C[C@H](OC(=O)OCC(Cl)(Cl)Cl)[C@@]3(C)C(=O)[C@H](OC(=O)OCC(Cl)(Cl)Cl)C(=C1C)[C@]42C)[C@@H](NC(=O)OC(C)(C)C)c1ccccc1. The van der Waals surface area contributed by atoms with Crippen molar-refractivity contribution in [2.45, 2.75) is 136 Å². The number of alkyl carbamates (subject to hydrolysis) is 1. The fourth-order valence-electron chi connectivity index (χ4n) is 11.8. The minimum atomic E-state index is -2.30. The van der Waals surface area contributed by atoms with Gasteiger partial charge in [-0.3, -0.25) is 4.79 Å². The molecule has 4 fully saturated rings. The van der Waals surface area contributed by atoms with E-state index in [-0.39, 0.29) is 36.3 Å². The first-order valence-corrected chi connectivity index (χ1v) is 25.8. The Morgan fingerprint density at radius 1 is 0.849 bits per heavy atom. The molecule has 5 aliphatic rings. The number of unbranched alkanes of at least 4 members (excludes halogenated alkanes) is 1. The maximum atomic E-state index is 16.0. The smallest absolute Gasteiger partial charge is 0.456 e. The van der Waals surface area contributed by atoms with Crippen LogP contribution in [0.4, 0.5) is 14.4 Å². The molecule has 3 saturated carbocycles. The molecule has 1 amide bonds. The van der Waals surface area contributed by atoms with Crippen LogP contribution in [-0.2, 0) is 52.2 Å². The summed E-state index contributed by atoms with van der Waals surface area (Å²) in [6.07, 6.45) is -12.1. The van der Waals surface area contributed by atoms with Crippen molar-refractivity contribution >= 4 is 106 Å². The summed E-state index contributed by atoms with van der Waals surface area (Å²) in [5, 5.41) is 16.6. The molecular formula is C50H57Cl6NO16. The van der Waals surface area contributed by atoms with Crippen molar-refractivity contribution in [1.29, 1.82) is 0 Å². The second kappa shape index (κ2) is 21.3. The monoisotopic (exact) mass is 1140 g/mol. The molecule has 1 aliphatic heterocycles. The lowest BCUT2D eigenvalue weighted by Gasteiger charge is -2.84. The number of aliphatic hydroxyl groups is 1. The Morgan fingerprint density at radius 3 is 1.99 bits per heavy atom. The topological polar surface area (TPSA) is 218 Å². The largest absolute Gasteiger partial charge is 0.509 e. The zero-order valence-corrected chi connectivity index (χ0v) is 45.4. The van der Waals surface area contributed by atoms with Gasteiger partial charge in [0.1, 0.15) is 42.7 Å². The van der Waals surface area contributed by atoms with Gasteiger partial charge in [-0.15, -0.1) is 0 Å². The van der Waals surface area contributed by atoms with E-state index in [4.69, 9.17) is 112 Å². The van der Waals surface area contributed by atoms with Crippen LogP contribution in [0.15, 0.2) is 71.8 Å². The van der Waals surface area contributed by atoms with Crippen LogP contribution in [0, 0.1) is 22.2 Å². The third kappa shape index (κ3) is 10.7. The third-order valence-corrected chi connectivity index (χ3v) is 15.4. The van der Waals surface area contributed by atoms with Gasteiger partial charge in [0.25, 0.3) is 0 Å². The predicted octanol–water partition coefficient (Wildman–Crippen LogP) is 9.82. The summed E-state index contributed by atoms with van der Waals surface area (Å²) < 4.78 is 49.0. The Hall–Kier alpha value is -3.78. The van der Waals surface area contributed by atoms with E-state index in [1.54, 1.807) is 76.2 Å². The molecule has 1 heterocycles. The quantitative estimate of drug-likeness (QED) is 0.0557. The molecule has 17 nitrogen and oxygen atoms in total. The second-order valence-electron chi connectivity index (χ2n) is 20.2. The Balaban J connectivity index is 1.40. The summed E-state index contributed by atoms with van der Waals surface area (Å²) in [6.45, 7) is 10.0. The van der Waals surface area contributed by atoms with Gasteiger partial charge in [-0.1, -0.05) is 138 Å². The number of carbonyl (C=O) groups is 6. The van der Waals surface area contributed by atoms with Crippen LogP contribution < -0.4 is 5.32 Å². The Bertz CT molecular complexity index is 2470. The molecule has 0 bridgehead atoms. The van der Waals surface area contributed by atoms with E-state index in [1.807, 2.05) is 6.92 Å². The number of amides is 1. The lowest BCUT2D eigenvalue weighted by atomic mass is 9.21. The Morgan fingerprint density at radius 2 is 1.44 bits per heavy atom. The second-order valence-corrected chi connectivity index (χ2v) is 25.2. The normalized spacial score (nSPS) is 31.1. The van der Waals surface area contributed by atoms with Gasteiger partial charge in [-0.2, -0.15) is 0 Å². The zero-order chi connectivity index (χ0) is 53.7. The van der Waals surface area contributed by atoms with E-state index in [0.717, 1.165) is 0 Å². The number of carbonyl (C=O) groups excluding carboxylic acids is 6. The number of rotatable bonds is 15. The first-order chi connectivity index (χ1) is 34.0. The summed E-state index contributed by atoms with van der Waals surface area (Å²) in [5.74, 6) is -3.52. The highest BCUT2D eigenvalue weighted by molar-refractivity contribution is 6.68. The minimum Gasteiger partial charge on any atom is -0.456 e. The standard InChI is InChI=1S/C50H57Cl6NO16/c1-8-9-20-65-36(34(27-16-12-10-13-17-27)57-41(61)73-44(3,4)5)39(60)69-31-22-47(64)40(72-38(59)28-18-14-11-15-19-28)50-29-23-66-30(29)21-32(70-42(62)67-24-48(51,52)53)45(50,6)37(58)35(33(26(31)2)46(47,50)7)71-43(63)68-25-49(54,55)56/h10-19,29-32,34-36,40,64H,8-9,20-25H2,1-7H3,(H,57,61)/t29-,30-,31?,32+,34+,35-,36-,40-,45+,46+,47-,50?/m1/s1. The van der Waals surface area contributed by atoms with Gasteiger partial charge >= 0.3 is 30.3 Å².